The first-order valence-electron chi connectivity index (χ1n) is 8.43. The van der Waals surface area contributed by atoms with Crippen LogP contribution in [0, 0.1) is 17.8 Å². The molecular formula is C17H36N2. The van der Waals surface area contributed by atoms with Crippen LogP contribution in [0.5, 0.6) is 0 Å². The van der Waals surface area contributed by atoms with Gasteiger partial charge in [0.15, 0.2) is 0 Å². The zero-order valence-corrected chi connectivity index (χ0v) is 14.1. The minimum absolute atomic E-state index is 0.721. The van der Waals surface area contributed by atoms with Gasteiger partial charge in [-0.3, -0.25) is 0 Å². The van der Waals surface area contributed by atoms with Crippen LogP contribution in [0.15, 0.2) is 0 Å². The van der Waals surface area contributed by atoms with E-state index in [-0.39, 0.29) is 0 Å². The van der Waals surface area contributed by atoms with Crippen molar-refractivity contribution in [2.75, 3.05) is 20.1 Å². The lowest BCUT2D eigenvalue weighted by Gasteiger charge is -2.43. The number of nitrogens with one attached hydrogen (secondary N) is 1. The van der Waals surface area contributed by atoms with Gasteiger partial charge in [-0.1, -0.05) is 34.1 Å². The summed E-state index contributed by atoms with van der Waals surface area (Å²) in [4.78, 5) is 2.59. The second kappa shape index (κ2) is 8.26. The molecule has 114 valence electrons. The molecule has 0 amide bonds. The van der Waals surface area contributed by atoms with Crippen LogP contribution in [0.2, 0.25) is 0 Å². The third kappa shape index (κ3) is 5.07. The molecule has 1 rings (SSSR count). The van der Waals surface area contributed by atoms with Crippen LogP contribution in [0.4, 0.5) is 0 Å². The largest absolute Gasteiger partial charge is 0.314 e. The molecule has 1 aliphatic carbocycles. The van der Waals surface area contributed by atoms with Crippen molar-refractivity contribution in [1.29, 1.82) is 0 Å². The third-order valence-corrected chi connectivity index (χ3v) is 5.10. The van der Waals surface area contributed by atoms with E-state index >= 15 is 0 Å². The zero-order chi connectivity index (χ0) is 14.4. The molecule has 0 aromatic rings. The van der Waals surface area contributed by atoms with Gasteiger partial charge in [0, 0.05) is 18.6 Å². The van der Waals surface area contributed by atoms with Crippen LogP contribution >= 0.6 is 0 Å². The number of hydrogen-bond donors (Lipinski definition) is 1. The molecule has 2 heteroatoms. The summed E-state index contributed by atoms with van der Waals surface area (Å²) in [5.41, 5.74) is 0. The molecule has 1 N–H and O–H groups in total. The third-order valence-electron chi connectivity index (χ3n) is 5.10. The lowest BCUT2D eigenvalue weighted by Crippen LogP contribution is -2.49. The Hall–Kier alpha value is -0.0800. The maximum atomic E-state index is 3.75. The molecule has 5 unspecified atom stereocenters. The van der Waals surface area contributed by atoms with Crippen molar-refractivity contribution in [2.24, 2.45) is 17.8 Å². The van der Waals surface area contributed by atoms with Gasteiger partial charge in [-0.15, -0.1) is 0 Å². The van der Waals surface area contributed by atoms with E-state index in [4.69, 9.17) is 0 Å². The summed E-state index contributed by atoms with van der Waals surface area (Å²) in [6, 6.07) is 1.44. The minimum atomic E-state index is 0.721. The van der Waals surface area contributed by atoms with E-state index in [2.05, 4.69) is 51.9 Å². The van der Waals surface area contributed by atoms with Crippen LogP contribution in [0.1, 0.15) is 60.3 Å². The highest BCUT2D eigenvalue weighted by molar-refractivity contribution is 4.89. The van der Waals surface area contributed by atoms with E-state index in [1.807, 2.05) is 0 Å². The summed E-state index contributed by atoms with van der Waals surface area (Å²) in [5, 5.41) is 3.75. The molecule has 1 fully saturated rings. The van der Waals surface area contributed by atoms with E-state index < -0.39 is 0 Å². The molecule has 1 saturated carbocycles. The summed E-state index contributed by atoms with van der Waals surface area (Å²) < 4.78 is 0. The predicted octanol–water partition coefficient (Wildman–Crippen LogP) is 3.77. The summed E-state index contributed by atoms with van der Waals surface area (Å²) in [7, 11) is 2.31. The molecule has 0 bridgehead atoms. The minimum Gasteiger partial charge on any atom is -0.314 e. The Kier molecular flexibility index (Phi) is 7.38. The molecule has 0 aromatic heterocycles. The van der Waals surface area contributed by atoms with E-state index in [1.165, 1.54) is 32.2 Å². The van der Waals surface area contributed by atoms with Crippen molar-refractivity contribution < 1.29 is 0 Å². The fraction of sp³-hybridized carbons (Fsp3) is 1.00. The van der Waals surface area contributed by atoms with Crippen LogP contribution in [0.25, 0.3) is 0 Å². The van der Waals surface area contributed by atoms with E-state index in [1.54, 1.807) is 0 Å². The van der Waals surface area contributed by atoms with Gasteiger partial charge < -0.3 is 10.2 Å². The van der Waals surface area contributed by atoms with Crippen molar-refractivity contribution in [3.05, 3.63) is 0 Å². The molecule has 0 saturated heterocycles. The van der Waals surface area contributed by atoms with Crippen molar-refractivity contribution in [2.45, 2.75) is 72.4 Å². The van der Waals surface area contributed by atoms with Gasteiger partial charge in [0.25, 0.3) is 0 Å². The van der Waals surface area contributed by atoms with E-state index in [0.29, 0.717) is 0 Å². The fourth-order valence-corrected chi connectivity index (χ4v) is 3.87. The molecule has 0 aromatic carbocycles. The average molecular weight is 268 g/mol. The van der Waals surface area contributed by atoms with Gasteiger partial charge >= 0.3 is 0 Å². The Bertz CT molecular complexity index is 241. The smallest absolute Gasteiger partial charge is 0.0112 e. The standard InChI is InChI=1S/C17H36N2/c1-7-9-15(5)19(6)12-16-14(4)10-13(3)11-17(16)18-8-2/h13-18H,7-12H2,1-6H3. The van der Waals surface area contributed by atoms with Crippen LogP contribution < -0.4 is 5.32 Å². The molecule has 0 radical (unpaired) electrons. The molecule has 0 aliphatic heterocycles. The molecule has 2 nitrogen and oxygen atoms in total. The van der Waals surface area contributed by atoms with Crippen LogP contribution in [-0.2, 0) is 0 Å². The SMILES string of the molecule is CCCC(C)N(C)CC1C(C)CC(C)CC1NCC. The van der Waals surface area contributed by atoms with Gasteiger partial charge in [-0.2, -0.15) is 0 Å². The number of hydrogen-bond acceptors (Lipinski definition) is 2. The van der Waals surface area contributed by atoms with Crippen molar-refractivity contribution in [1.82, 2.24) is 10.2 Å². The van der Waals surface area contributed by atoms with Crippen molar-refractivity contribution in [3.8, 4) is 0 Å². The summed E-state index contributed by atoms with van der Waals surface area (Å²) >= 11 is 0. The van der Waals surface area contributed by atoms with Crippen molar-refractivity contribution >= 4 is 0 Å². The molecule has 0 heterocycles. The average Bonchev–Trinajstić information content (AvgIpc) is 2.33. The molecule has 19 heavy (non-hydrogen) atoms. The Morgan fingerprint density at radius 3 is 2.47 bits per heavy atom. The maximum Gasteiger partial charge on any atom is 0.0112 e. The quantitative estimate of drug-likeness (QED) is 0.756. The highest BCUT2D eigenvalue weighted by Crippen LogP contribution is 2.34. The Morgan fingerprint density at radius 2 is 1.89 bits per heavy atom. The summed E-state index contributed by atoms with van der Waals surface area (Å²) in [5.74, 6) is 2.55. The Labute approximate surface area is 121 Å². The first-order chi connectivity index (χ1) is 8.99. The van der Waals surface area contributed by atoms with Gasteiger partial charge in [-0.05, 0) is 57.5 Å². The van der Waals surface area contributed by atoms with Gasteiger partial charge in [0.1, 0.15) is 0 Å². The second-order valence-electron chi connectivity index (χ2n) is 6.96. The molecule has 5 atom stereocenters. The normalized spacial score (nSPS) is 33.6. The maximum absolute atomic E-state index is 3.75. The lowest BCUT2D eigenvalue weighted by atomic mass is 9.72. The molecule has 0 spiro atoms. The predicted molar refractivity (Wildman–Crippen MR) is 85.5 cm³/mol. The second-order valence-corrected chi connectivity index (χ2v) is 6.96. The highest BCUT2D eigenvalue weighted by atomic mass is 15.1. The molecule has 1 aliphatic rings. The zero-order valence-electron chi connectivity index (χ0n) is 14.1. The highest BCUT2D eigenvalue weighted by Gasteiger charge is 2.34. The molecular weight excluding hydrogens is 232 g/mol. The monoisotopic (exact) mass is 268 g/mol. The first kappa shape index (κ1) is 17.0. The topological polar surface area (TPSA) is 15.3 Å². The van der Waals surface area contributed by atoms with Crippen molar-refractivity contribution in [3.63, 3.8) is 0 Å². The van der Waals surface area contributed by atoms with Gasteiger partial charge in [-0.25, -0.2) is 0 Å². The van der Waals surface area contributed by atoms with Gasteiger partial charge in [0.05, 0.1) is 0 Å². The summed E-state index contributed by atoms with van der Waals surface area (Å²) in [6.45, 7) is 14.1. The van der Waals surface area contributed by atoms with E-state index in [9.17, 15) is 0 Å². The Balaban J connectivity index is 2.60. The number of nitrogens with zero attached hydrogens (tertiary/aromatic N) is 1. The van der Waals surface area contributed by atoms with Gasteiger partial charge in [0.2, 0.25) is 0 Å². The van der Waals surface area contributed by atoms with Crippen LogP contribution in [0.3, 0.4) is 0 Å². The lowest BCUT2D eigenvalue weighted by molar-refractivity contribution is 0.0959. The Morgan fingerprint density at radius 1 is 1.21 bits per heavy atom. The first-order valence-corrected chi connectivity index (χ1v) is 8.43. The summed E-state index contributed by atoms with van der Waals surface area (Å²) in [6.07, 6.45) is 5.38. The van der Waals surface area contributed by atoms with E-state index in [0.717, 1.165) is 36.4 Å². The fourth-order valence-electron chi connectivity index (χ4n) is 3.87. The van der Waals surface area contributed by atoms with Crippen LogP contribution in [-0.4, -0.2) is 37.1 Å². The number of rotatable bonds is 7.